The molecule has 0 unspecified atom stereocenters. The molecule has 0 spiro atoms. The maximum atomic E-state index is 13.8. The summed E-state index contributed by atoms with van der Waals surface area (Å²) in [5.74, 6) is 1.41. The second kappa shape index (κ2) is 10.9. The Balaban J connectivity index is 1.73. The Kier molecular flexibility index (Phi) is 7.70. The fourth-order valence-corrected chi connectivity index (χ4v) is 4.92. The molecule has 0 aliphatic rings. The summed E-state index contributed by atoms with van der Waals surface area (Å²) in [6.07, 6.45) is 0. The minimum atomic E-state index is -0.220. The molecule has 1 amide bonds. The van der Waals surface area contributed by atoms with Gasteiger partial charge in [0, 0.05) is 18.5 Å². The number of carbonyl (C=O) groups is 1. The molecule has 2 aromatic carbocycles. The lowest BCUT2D eigenvalue weighted by Gasteiger charge is -2.24. The van der Waals surface area contributed by atoms with E-state index in [4.69, 9.17) is 18.9 Å². The third-order valence-electron chi connectivity index (χ3n) is 5.70. The first-order valence-electron chi connectivity index (χ1n) is 11.8. The Morgan fingerprint density at radius 3 is 2.41 bits per heavy atom. The summed E-state index contributed by atoms with van der Waals surface area (Å²) in [4.78, 5) is 22.6. The number of aromatic nitrogens is 1. The van der Waals surface area contributed by atoms with Crippen molar-refractivity contribution in [2.75, 3.05) is 44.3 Å². The third-order valence-corrected chi connectivity index (χ3v) is 6.74. The minimum absolute atomic E-state index is 0.220. The predicted molar refractivity (Wildman–Crippen MR) is 138 cm³/mol. The predicted octanol–water partition coefficient (Wildman–Crippen LogP) is 5.83. The molecule has 0 aliphatic carbocycles. The van der Waals surface area contributed by atoms with Gasteiger partial charge in [0.25, 0.3) is 5.91 Å². The third kappa shape index (κ3) is 4.88. The number of anilines is 1. The quantitative estimate of drug-likeness (QED) is 0.269. The summed E-state index contributed by atoms with van der Waals surface area (Å²) in [6, 6.07) is 13.3. The molecule has 180 valence electrons. The normalized spacial score (nSPS) is 11.4. The van der Waals surface area contributed by atoms with Crippen molar-refractivity contribution < 1.29 is 18.7 Å². The summed E-state index contributed by atoms with van der Waals surface area (Å²) in [5.41, 5.74) is 1.35. The van der Waals surface area contributed by atoms with Gasteiger partial charge >= 0.3 is 0 Å². The topological polar surface area (TPSA) is 68.0 Å². The molecule has 0 N–H and O–H groups in total. The van der Waals surface area contributed by atoms with Gasteiger partial charge in [-0.3, -0.25) is 9.69 Å². The number of fused-ring (bicyclic) bond motifs is 2. The van der Waals surface area contributed by atoms with Gasteiger partial charge in [0.1, 0.15) is 11.3 Å². The zero-order chi connectivity index (χ0) is 24.1. The van der Waals surface area contributed by atoms with E-state index in [1.807, 2.05) is 50.2 Å². The maximum Gasteiger partial charge on any atom is 0.295 e. The Morgan fingerprint density at radius 1 is 0.971 bits per heavy atom. The lowest BCUT2D eigenvalue weighted by atomic mass is 10.2. The van der Waals surface area contributed by atoms with Gasteiger partial charge in [-0.05, 0) is 51.2 Å². The molecule has 34 heavy (non-hydrogen) atoms. The van der Waals surface area contributed by atoms with E-state index in [1.165, 1.54) is 11.3 Å². The first-order chi connectivity index (χ1) is 16.6. The molecule has 4 aromatic rings. The number of ether oxygens (including phenoxy) is 2. The number of hydrogen-bond donors (Lipinski definition) is 0. The smallest absolute Gasteiger partial charge is 0.295 e. The van der Waals surface area contributed by atoms with E-state index in [9.17, 15) is 4.79 Å². The van der Waals surface area contributed by atoms with Crippen LogP contribution in [0.4, 0.5) is 5.13 Å². The van der Waals surface area contributed by atoms with E-state index < -0.39 is 0 Å². The van der Waals surface area contributed by atoms with E-state index in [2.05, 4.69) is 18.7 Å². The molecule has 7 nitrogen and oxygen atoms in total. The highest BCUT2D eigenvalue weighted by Gasteiger charge is 2.26. The van der Waals surface area contributed by atoms with Crippen LogP contribution in [0.5, 0.6) is 11.5 Å². The zero-order valence-electron chi connectivity index (χ0n) is 20.2. The fraction of sp³-hybridized carbons (Fsp3) is 0.385. The highest BCUT2D eigenvalue weighted by Crippen LogP contribution is 2.36. The van der Waals surface area contributed by atoms with Crippen molar-refractivity contribution in [3.63, 3.8) is 0 Å². The molecule has 0 aliphatic heterocycles. The SMILES string of the molecule is CCOc1cccc2sc(N(CCN(CC)CC)C(=O)c3cc4cccc(OCC)c4o3)nc12. The summed E-state index contributed by atoms with van der Waals surface area (Å²) < 4.78 is 18.5. The van der Waals surface area contributed by atoms with Crippen LogP contribution in [0.25, 0.3) is 21.2 Å². The minimum Gasteiger partial charge on any atom is -0.492 e. The summed E-state index contributed by atoms with van der Waals surface area (Å²) in [6.45, 7) is 12.2. The van der Waals surface area contributed by atoms with Crippen molar-refractivity contribution in [2.45, 2.75) is 27.7 Å². The van der Waals surface area contributed by atoms with Crippen LogP contribution in [0.2, 0.25) is 0 Å². The number of carbonyl (C=O) groups excluding carboxylic acids is 1. The van der Waals surface area contributed by atoms with Crippen LogP contribution in [-0.4, -0.2) is 55.2 Å². The Hall–Kier alpha value is -3.10. The summed E-state index contributed by atoms with van der Waals surface area (Å²) in [5, 5.41) is 1.46. The second-order valence-electron chi connectivity index (χ2n) is 7.73. The Morgan fingerprint density at radius 2 is 1.68 bits per heavy atom. The van der Waals surface area contributed by atoms with Gasteiger partial charge in [-0.2, -0.15) is 0 Å². The van der Waals surface area contributed by atoms with Crippen LogP contribution in [0, 0.1) is 0 Å². The summed E-state index contributed by atoms with van der Waals surface area (Å²) in [7, 11) is 0. The molecule has 0 saturated carbocycles. The number of para-hydroxylation sites is 2. The first kappa shape index (κ1) is 24.0. The molecule has 0 bridgehead atoms. The largest absolute Gasteiger partial charge is 0.492 e. The van der Waals surface area contributed by atoms with Crippen molar-refractivity contribution in [1.29, 1.82) is 0 Å². The average molecular weight is 482 g/mol. The highest BCUT2D eigenvalue weighted by molar-refractivity contribution is 7.22. The summed E-state index contributed by atoms with van der Waals surface area (Å²) >= 11 is 1.48. The molecule has 4 rings (SSSR count). The van der Waals surface area contributed by atoms with Crippen molar-refractivity contribution >= 4 is 43.6 Å². The van der Waals surface area contributed by atoms with Gasteiger partial charge in [-0.25, -0.2) is 4.98 Å². The Labute approximate surface area is 203 Å². The lowest BCUT2D eigenvalue weighted by Crippen LogP contribution is -2.38. The number of thiazole rings is 1. The van der Waals surface area contributed by atoms with Gasteiger partial charge in [0.05, 0.1) is 17.9 Å². The van der Waals surface area contributed by atoms with E-state index >= 15 is 0 Å². The molecular formula is C26H31N3O4S. The molecule has 2 heterocycles. The van der Waals surface area contributed by atoms with E-state index in [0.717, 1.165) is 41.0 Å². The van der Waals surface area contributed by atoms with Crippen LogP contribution >= 0.6 is 11.3 Å². The highest BCUT2D eigenvalue weighted by atomic mass is 32.1. The average Bonchev–Trinajstić information content (AvgIpc) is 3.48. The van der Waals surface area contributed by atoms with Crippen LogP contribution in [-0.2, 0) is 0 Å². The number of amides is 1. The first-order valence-corrected chi connectivity index (χ1v) is 12.6. The van der Waals surface area contributed by atoms with Gasteiger partial charge in [0.15, 0.2) is 22.2 Å². The monoisotopic (exact) mass is 481 g/mol. The number of furan rings is 1. The van der Waals surface area contributed by atoms with Crippen LogP contribution in [0.15, 0.2) is 46.9 Å². The number of nitrogens with zero attached hydrogens (tertiary/aromatic N) is 3. The zero-order valence-corrected chi connectivity index (χ0v) is 21.0. The van der Waals surface area contributed by atoms with Gasteiger partial charge in [-0.15, -0.1) is 0 Å². The van der Waals surface area contributed by atoms with Gasteiger partial charge < -0.3 is 18.8 Å². The molecule has 0 saturated heterocycles. The molecule has 2 aromatic heterocycles. The maximum absolute atomic E-state index is 13.8. The molecule has 0 fully saturated rings. The van der Waals surface area contributed by atoms with Crippen molar-refractivity contribution in [2.24, 2.45) is 0 Å². The van der Waals surface area contributed by atoms with E-state index in [-0.39, 0.29) is 11.7 Å². The molecule has 0 radical (unpaired) electrons. The van der Waals surface area contributed by atoms with Crippen LogP contribution in [0.1, 0.15) is 38.2 Å². The Bertz CT molecular complexity index is 1260. The lowest BCUT2D eigenvalue weighted by molar-refractivity contribution is 0.0959. The number of benzene rings is 2. The van der Waals surface area contributed by atoms with Crippen LogP contribution in [0.3, 0.4) is 0 Å². The number of likely N-dealkylation sites (N-methyl/N-ethyl adjacent to an activating group) is 1. The molecule has 8 heteroatoms. The van der Waals surface area contributed by atoms with E-state index in [1.54, 1.807) is 11.0 Å². The van der Waals surface area contributed by atoms with Gasteiger partial charge in [-0.1, -0.05) is 43.4 Å². The van der Waals surface area contributed by atoms with Crippen LogP contribution < -0.4 is 14.4 Å². The van der Waals surface area contributed by atoms with Crippen molar-refractivity contribution in [3.05, 3.63) is 48.2 Å². The van der Waals surface area contributed by atoms with Crippen molar-refractivity contribution in [3.8, 4) is 11.5 Å². The molecular weight excluding hydrogens is 450 g/mol. The number of hydrogen-bond acceptors (Lipinski definition) is 7. The standard InChI is InChI=1S/C26H31N3O4S/c1-5-28(6-2)15-16-29(26-27-23-19(31-7-3)12-10-14-22(23)34-26)25(30)21-17-18-11-9-13-20(32-8-4)24(18)33-21/h9-14,17H,5-8,15-16H2,1-4H3. The van der Waals surface area contributed by atoms with Crippen molar-refractivity contribution in [1.82, 2.24) is 9.88 Å². The van der Waals surface area contributed by atoms with E-state index in [0.29, 0.717) is 36.2 Å². The van der Waals surface area contributed by atoms with Gasteiger partial charge in [0.2, 0.25) is 0 Å². The fourth-order valence-electron chi connectivity index (χ4n) is 3.91. The molecule has 0 atom stereocenters. The second-order valence-corrected chi connectivity index (χ2v) is 8.74. The number of rotatable bonds is 11.